The second-order valence-corrected chi connectivity index (χ2v) is 6.91. The Morgan fingerprint density at radius 3 is 1.89 bits per heavy atom. The molecule has 0 N–H and O–H groups in total. The van der Waals surface area contributed by atoms with E-state index in [1.54, 1.807) is 14.0 Å². The zero-order valence-corrected chi connectivity index (χ0v) is 15.9. The summed E-state index contributed by atoms with van der Waals surface area (Å²) < 4.78 is 24.4. The smallest absolute Gasteiger partial charge is 0.213 e. The lowest BCUT2D eigenvalue weighted by Gasteiger charge is -2.22. The number of hydrogen-bond acceptors (Lipinski definition) is 3. The van der Waals surface area contributed by atoms with Crippen LogP contribution in [0.2, 0.25) is 0 Å². The minimum atomic E-state index is -3.07. The van der Waals surface area contributed by atoms with Gasteiger partial charge in [-0.1, -0.05) is 0 Å². The Morgan fingerprint density at radius 2 is 1.53 bits per heavy atom. The van der Waals surface area contributed by atoms with Crippen LogP contribution in [0.4, 0.5) is 0 Å². The number of nitrogens with zero attached hydrogens (tertiary/aromatic N) is 4. The summed E-state index contributed by atoms with van der Waals surface area (Å²) in [7, 11) is 6.29. The van der Waals surface area contributed by atoms with Gasteiger partial charge in [-0.15, -0.1) is 24.0 Å². The number of aliphatic imine (C=N–C) groups is 1. The van der Waals surface area contributed by atoms with E-state index in [9.17, 15) is 8.42 Å². The molecule has 0 aliphatic rings. The Morgan fingerprint density at radius 1 is 1.05 bits per heavy atom. The summed E-state index contributed by atoms with van der Waals surface area (Å²) in [5.74, 6) is 1.03. The fourth-order valence-electron chi connectivity index (χ4n) is 1.51. The van der Waals surface area contributed by atoms with E-state index in [1.807, 2.05) is 38.0 Å². The molecule has 0 rings (SSSR count). The van der Waals surface area contributed by atoms with E-state index < -0.39 is 10.0 Å². The van der Waals surface area contributed by atoms with E-state index in [-0.39, 0.29) is 29.7 Å². The van der Waals surface area contributed by atoms with E-state index in [1.165, 1.54) is 4.31 Å². The zero-order valence-electron chi connectivity index (χ0n) is 12.8. The van der Waals surface area contributed by atoms with Crippen LogP contribution < -0.4 is 0 Å². The Hall–Kier alpha value is -0.0900. The minimum absolute atomic E-state index is 0. The van der Waals surface area contributed by atoms with Gasteiger partial charge in [-0.3, -0.25) is 4.99 Å². The molecule has 0 atom stereocenters. The summed E-state index contributed by atoms with van der Waals surface area (Å²) in [5, 5.41) is 0. The van der Waals surface area contributed by atoms with Crippen molar-refractivity contribution >= 4 is 40.0 Å². The summed E-state index contributed by atoms with van der Waals surface area (Å²) >= 11 is 0. The second-order valence-electron chi connectivity index (χ2n) is 4.55. The number of halogens is 1. The van der Waals surface area contributed by atoms with Crippen molar-refractivity contribution in [2.24, 2.45) is 4.99 Å². The molecule has 0 aromatic carbocycles. The molecule has 0 aliphatic carbocycles. The monoisotopic (exact) mass is 406 g/mol. The molecule has 19 heavy (non-hydrogen) atoms. The van der Waals surface area contributed by atoms with Gasteiger partial charge in [0.2, 0.25) is 10.0 Å². The molecule has 116 valence electrons. The SMILES string of the molecule is CCS(=O)(=O)N(C)CCCN=C(N(C)C)N(C)C.I. The molecular formula is C11H27IN4O2S. The Kier molecular flexibility index (Phi) is 10.9. The molecule has 0 saturated heterocycles. The van der Waals surface area contributed by atoms with Crippen LogP contribution >= 0.6 is 24.0 Å². The third-order valence-electron chi connectivity index (χ3n) is 2.52. The highest BCUT2D eigenvalue weighted by Gasteiger charge is 2.13. The van der Waals surface area contributed by atoms with Gasteiger partial charge in [-0.25, -0.2) is 12.7 Å². The van der Waals surface area contributed by atoms with Gasteiger partial charge in [0.15, 0.2) is 5.96 Å². The number of sulfonamides is 1. The lowest BCUT2D eigenvalue weighted by atomic mass is 10.4. The van der Waals surface area contributed by atoms with Crippen LogP contribution in [0.3, 0.4) is 0 Å². The van der Waals surface area contributed by atoms with Crippen LogP contribution in [0.5, 0.6) is 0 Å². The molecule has 0 aromatic heterocycles. The summed E-state index contributed by atoms with van der Waals surface area (Å²) in [6.07, 6.45) is 0.723. The lowest BCUT2D eigenvalue weighted by Crippen LogP contribution is -2.35. The van der Waals surface area contributed by atoms with Crippen molar-refractivity contribution in [3.05, 3.63) is 0 Å². The molecular weight excluding hydrogens is 379 g/mol. The Bertz CT molecular complexity index is 359. The third kappa shape index (κ3) is 7.93. The fourth-order valence-corrected chi connectivity index (χ4v) is 2.36. The van der Waals surface area contributed by atoms with Crippen molar-refractivity contribution in [3.8, 4) is 0 Å². The molecule has 8 heteroatoms. The van der Waals surface area contributed by atoms with Crippen LogP contribution in [0, 0.1) is 0 Å². The molecule has 0 heterocycles. The average Bonchev–Trinajstić information content (AvgIpc) is 2.27. The van der Waals surface area contributed by atoms with E-state index in [0.29, 0.717) is 13.1 Å². The van der Waals surface area contributed by atoms with Gasteiger partial charge >= 0.3 is 0 Å². The average molecular weight is 406 g/mol. The van der Waals surface area contributed by atoms with Gasteiger partial charge in [0.05, 0.1) is 5.75 Å². The van der Waals surface area contributed by atoms with Gasteiger partial charge in [0.25, 0.3) is 0 Å². The lowest BCUT2D eigenvalue weighted by molar-refractivity contribution is 0.457. The summed E-state index contributed by atoms with van der Waals surface area (Å²) in [4.78, 5) is 8.32. The first kappa shape index (κ1) is 21.2. The van der Waals surface area contributed by atoms with Crippen LogP contribution in [-0.2, 0) is 10.0 Å². The van der Waals surface area contributed by atoms with Crippen LogP contribution in [0.15, 0.2) is 4.99 Å². The summed E-state index contributed by atoms with van der Waals surface area (Å²) in [6.45, 7) is 2.78. The van der Waals surface area contributed by atoms with Crippen LogP contribution in [0.1, 0.15) is 13.3 Å². The molecule has 0 fully saturated rings. The standard InChI is InChI=1S/C11H26N4O2S.HI/c1-7-18(16,17)15(6)10-8-9-12-11(13(2)3)14(4)5;/h7-10H2,1-6H3;1H. The Labute approximate surface area is 134 Å². The fraction of sp³-hybridized carbons (Fsp3) is 0.909. The van der Waals surface area contributed by atoms with Gasteiger partial charge in [0, 0.05) is 48.3 Å². The maximum absolute atomic E-state index is 11.5. The molecule has 0 bridgehead atoms. The van der Waals surface area contributed by atoms with Crippen molar-refractivity contribution in [3.63, 3.8) is 0 Å². The van der Waals surface area contributed by atoms with Crippen molar-refractivity contribution < 1.29 is 8.42 Å². The number of rotatable bonds is 6. The predicted octanol–water partition coefficient (Wildman–Crippen LogP) is 0.755. The normalized spacial score (nSPS) is 10.9. The molecule has 0 spiro atoms. The van der Waals surface area contributed by atoms with E-state index in [0.717, 1.165) is 12.4 Å². The van der Waals surface area contributed by atoms with Crippen molar-refractivity contribution in [2.75, 3.05) is 54.1 Å². The topological polar surface area (TPSA) is 56.2 Å². The highest BCUT2D eigenvalue weighted by molar-refractivity contribution is 14.0. The number of guanidine groups is 1. The summed E-state index contributed by atoms with van der Waals surface area (Å²) in [6, 6.07) is 0. The molecule has 6 nitrogen and oxygen atoms in total. The highest BCUT2D eigenvalue weighted by atomic mass is 127. The maximum Gasteiger partial charge on any atom is 0.213 e. The van der Waals surface area contributed by atoms with Crippen LogP contribution in [0.25, 0.3) is 0 Å². The molecule has 0 amide bonds. The van der Waals surface area contributed by atoms with Crippen molar-refractivity contribution in [1.29, 1.82) is 0 Å². The highest BCUT2D eigenvalue weighted by Crippen LogP contribution is 1.99. The molecule has 0 unspecified atom stereocenters. The first-order valence-electron chi connectivity index (χ1n) is 6.05. The first-order chi connectivity index (χ1) is 8.22. The second kappa shape index (κ2) is 9.76. The first-order valence-corrected chi connectivity index (χ1v) is 7.66. The Balaban J connectivity index is 0. The van der Waals surface area contributed by atoms with Crippen LogP contribution in [-0.4, -0.2) is 82.6 Å². The van der Waals surface area contributed by atoms with Gasteiger partial charge < -0.3 is 9.80 Å². The molecule has 0 saturated carbocycles. The van der Waals surface area contributed by atoms with E-state index in [2.05, 4.69) is 4.99 Å². The van der Waals surface area contributed by atoms with Gasteiger partial charge in [-0.2, -0.15) is 0 Å². The molecule has 0 aromatic rings. The number of hydrogen-bond donors (Lipinski definition) is 0. The quantitative estimate of drug-likeness (QED) is 0.283. The third-order valence-corrected chi connectivity index (χ3v) is 4.39. The van der Waals surface area contributed by atoms with E-state index in [4.69, 9.17) is 0 Å². The molecule has 0 radical (unpaired) electrons. The largest absolute Gasteiger partial charge is 0.349 e. The van der Waals surface area contributed by atoms with E-state index >= 15 is 0 Å². The maximum atomic E-state index is 11.5. The minimum Gasteiger partial charge on any atom is -0.349 e. The molecule has 0 aliphatic heterocycles. The van der Waals surface area contributed by atoms with Crippen molar-refractivity contribution in [1.82, 2.24) is 14.1 Å². The zero-order chi connectivity index (χ0) is 14.3. The van der Waals surface area contributed by atoms with Gasteiger partial charge in [-0.05, 0) is 13.3 Å². The summed E-state index contributed by atoms with van der Waals surface area (Å²) in [5.41, 5.74) is 0. The van der Waals surface area contributed by atoms with Gasteiger partial charge in [0.1, 0.15) is 0 Å². The van der Waals surface area contributed by atoms with Crippen molar-refractivity contribution in [2.45, 2.75) is 13.3 Å². The predicted molar refractivity (Wildman–Crippen MR) is 91.8 cm³/mol.